The minimum atomic E-state index is -0.421. The van der Waals surface area contributed by atoms with Crippen molar-refractivity contribution in [3.8, 4) is 17.1 Å². The Morgan fingerprint density at radius 3 is 2.94 bits per heavy atom. The molecule has 0 aliphatic heterocycles. The van der Waals surface area contributed by atoms with Crippen molar-refractivity contribution in [1.82, 2.24) is 10.1 Å². The molecule has 2 rings (SSSR count). The number of carbonyl (C=O) groups excluding carboxylic acids is 1. The third-order valence-corrected chi connectivity index (χ3v) is 2.32. The monoisotopic (exact) mass is 248 g/mol. The molecule has 6 nitrogen and oxygen atoms in total. The van der Waals surface area contributed by atoms with E-state index in [1.54, 1.807) is 13.2 Å². The van der Waals surface area contributed by atoms with E-state index in [4.69, 9.17) is 9.26 Å². The lowest BCUT2D eigenvalue weighted by molar-refractivity contribution is -0.140. The number of esters is 1. The normalized spacial score (nSPS) is 10.1. The van der Waals surface area contributed by atoms with Gasteiger partial charge >= 0.3 is 5.97 Å². The van der Waals surface area contributed by atoms with E-state index in [0.717, 1.165) is 5.56 Å². The topological polar surface area (TPSA) is 74.5 Å². The van der Waals surface area contributed by atoms with Crippen LogP contribution in [-0.2, 0) is 16.0 Å². The van der Waals surface area contributed by atoms with Crippen LogP contribution >= 0.6 is 0 Å². The lowest BCUT2D eigenvalue weighted by Gasteiger charge is -1.99. The molecule has 94 valence electrons. The predicted molar refractivity (Wildman–Crippen MR) is 62.0 cm³/mol. The number of rotatable bonds is 4. The van der Waals surface area contributed by atoms with Gasteiger partial charge in [-0.2, -0.15) is 4.98 Å². The first kappa shape index (κ1) is 12.1. The summed E-state index contributed by atoms with van der Waals surface area (Å²) in [6.07, 6.45) is -0.0343. The van der Waals surface area contributed by atoms with Gasteiger partial charge in [0.05, 0.1) is 14.2 Å². The fraction of sp³-hybridized carbons (Fsp3) is 0.250. The smallest absolute Gasteiger partial charge is 0.315 e. The van der Waals surface area contributed by atoms with Gasteiger partial charge in [-0.25, -0.2) is 0 Å². The third-order valence-electron chi connectivity index (χ3n) is 2.32. The van der Waals surface area contributed by atoms with Gasteiger partial charge in [0.15, 0.2) is 0 Å². The standard InChI is InChI=1S/C12H12N2O4/c1-16-9-5-3-4-8(6-9)12-13-10(18-14-12)7-11(15)17-2/h3-6H,7H2,1-2H3. The second kappa shape index (κ2) is 5.31. The van der Waals surface area contributed by atoms with Gasteiger partial charge in [0.1, 0.15) is 12.2 Å². The summed E-state index contributed by atoms with van der Waals surface area (Å²) in [7, 11) is 2.89. The summed E-state index contributed by atoms with van der Waals surface area (Å²) in [4.78, 5) is 15.2. The highest BCUT2D eigenvalue weighted by atomic mass is 16.5. The largest absolute Gasteiger partial charge is 0.497 e. The Kier molecular flexibility index (Phi) is 3.57. The van der Waals surface area contributed by atoms with Crippen LogP contribution in [0.5, 0.6) is 5.75 Å². The molecule has 0 amide bonds. The van der Waals surface area contributed by atoms with Crippen molar-refractivity contribution in [3.63, 3.8) is 0 Å². The van der Waals surface area contributed by atoms with E-state index in [1.165, 1.54) is 7.11 Å². The summed E-state index contributed by atoms with van der Waals surface area (Å²) in [6.45, 7) is 0. The molecule has 0 unspecified atom stereocenters. The average Bonchev–Trinajstić information content (AvgIpc) is 2.87. The van der Waals surface area contributed by atoms with Crippen LogP contribution in [-0.4, -0.2) is 30.3 Å². The molecule has 1 aromatic heterocycles. The third kappa shape index (κ3) is 2.65. The summed E-state index contributed by atoms with van der Waals surface area (Å²) >= 11 is 0. The van der Waals surface area contributed by atoms with Crippen molar-refractivity contribution in [2.24, 2.45) is 0 Å². The van der Waals surface area contributed by atoms with Gasteiger partial charge in [-0.05, 0) is 12.1 Å². The Labute approximate surface area is 104 Å². The van der Waals surface area contributed by atoms with Crippen LogP contribution in [0.15, 0.2) is 28.8 Å². The number of benzene rings is 1. The summed E-state index contributed by atoms with van der Waals surface area (Å²) in [6, 6.07) is 7.26. The number of nitrogens with zero attached hydrogens (tertiary/aromatic N) is 2. The highest BCUT2D eigenvalue weighted by Gasteiger charge is 2.12. The molecule has 1 aromatic carbocycles. The van der Waals surface area contributed by atoms with Crippen molar-refractivity contribution in [3.05, 3.63) is 30.2 Å². The minimum Gasteiger partial charge on any atom is -0.497 e. The van der Waals surface area contributed by atoms with E-state index in [2.05, 4.69) is 14.9 Å². The molecule has 0 saturated carbocycles. The van der Waals surface area contributed by atoms with Crippen molar-refractivity contribution >= 4 is 5.97 Å². The highest BCUT2D eigenvalue weighted by Crippen LogP contribution is 2.21. The molecular weight excluding hydrogens is 236 g/mol. The van der Waals surface area contributed by atoms with Gasteiger partial charge in [-0.3, -0.25) is 4.79 Å². The molecular formula is C12H12N2O4. The molecule has 0 spiro atoms. The van der Waals surface area contributed by atoms with Crippen LogP contribution in [0.25, 0.3) is 11.4 Å². The fourth-order valence-electron chi connectivity index (χ4n) is 1.40. The van der Waals surface area contributed by atoms with Crippen molar-refractivity contribution in [1.29, 1.82) is 0 Å². The van der Waals surface area contributed by atoms with E-state index in [1.807, 2.05) is 18.2 Å². The van der Waals surface area contributed by atoms with E-state index in [-0.39, 0.29) is 12.3 Å². The van der Waals surface area contributed by atoms with Gasteiger partial charge in [0.2, 0.25) is 11.7 Å². The molecule has 0 bridgehead atoms. The average molecular weight is 248 g/mol. The van der Waals surface area contributed by atoms with Gasteiger partial charge in [-0.15, -0.1) is 0 Å². The maximum Gasteiger partial charge on any atom is 0.315 e. The first-order chi connectivity index (χ1) is 8.72. The van der Waals surface area contributed by atoms with E-state index in [0.29, 0.717) is 11.6 Å². The first-order valence-corrected chi connectivity index (χ1v) is 5.26. The molecule has 0 fully saturated rings. The second-order valence-electron chi connectivity index (χ2n) is 3.50. The zero-order chi connectivity index (χ0) is 13.0. The molecule has 0 N–H and O–H groups in total. The molecule has 0 radical (unpaired) electrons. The highest BCUT2D eigenvalue weighted by molar-refractivity contribution is 5.71. The van der Waals surface area contributed by atoms with Crippen LogP contribution < -0.4 is 4.74 Å². The Balaban J connectivity index is 2.20. The van der Waals surface area contributed by atoms with Crippen LogP contribution in [0.3, 0.4) is 0 Å². The maximum atomic E-state index is 11.1. The van der Waals surface area contributed by atoms with Crippen molar-refractivity contribution < 1.29 is 18.8 Å². The summed E-state index contributed by atoms with van der Waals surface area (Å²) in [5.74, 6) is 0.912. The fourth-order valence-corrected chi connectivity index (χ4v) is 1.40. The molecule has 0 aliphatic carbocycles. The number of aromatic nitrogens is 2. The van der Waals surface area contributed by atoms with Crippen molar-refractivity contribution in [2.75, 3.05) is 14.2 Å². The number of hydrogen-bond donors (Lipinski definition) is 0. The Morgan fingerprint density at radius 1 is 1.39 bits per heavy atom. The number of carbonyl (C=O) groups is 1. The summed E-state index contributed by atoms with van der Waals surface area (Å²) in [5, 5.41) is 3.80. The predicted octanol–water partition coefficient (Wildman–Crippen LogP) is 1.46. The summed E-state index contributed by atoms with van der Waals surface area (Å²) in [5.41, 5.74) is 0.759. The van der Waals surface area contributed by atoms with E-state index >= 15 is 0 Å². The van der Waals surface area contributed by atoms with E-state index < -0.39 is 5.97 Å². The Morgan fingerprint density at radius 2 is 2.22 bits per heavy atom. The van der Waals surface area contributed by atoms with Crippen LogP contribution in [0, 0.1) is 0 Å². The van der Waals surface area contributed by atoms with Gasteiger partial charge < -0.3 is 14.0 Å². The minimum absolute atomic E-state index is 0.0343. The van der Waals surface area contributed by atoms with Gasteiger partial charge in [0.25, 0.3) is 0 Å². The van der Waals surface area contributed by atoms with Crippen LogP contribution in [0.1, 0.15) is 5.89 Å². The number of hydrogen-bond acceptors (Lipinski definition) is 6. The molecule has 0 atom stereocenters. The van der Waals surface area contributed by atoms with Crippen LogP contribution in [0.2, 0.25) is 0 Å². The Hall–Kier alpha value is -2.37. The number of ether oxygens (including phenoxy) is 2. The molecule has 0 aliphatic rings. The van der Waals surface area contributed by atoms with Gasteiger partial charge in [-0.1, -0.05) is 17.3 Å². The maximum absolute atomic E-state index is 11.1. The van der Waals surface area contributed by atoms with E-state index in [9.17, 15) is 4.79 Å². The number of methoxy groups -OCH3 is 2. The second-order valence-corrected chi connectivity index (χ2v) is 3.50. The van der Waals surface area contributed by atoms with Gasteiger partial charge in [0, 0.05) is 5.56 Å². The lowest BCUT2D eigenvalue weighted by Crippen LogP contribution is -2.04. The molecule has 6 heteroatoms. The first-order valence-electron chi connectivity index (χ1n) is 5.26. The molecule has 2 aromatic rings. The summed E-state index contributed by atoms with van der Waals surface area (Å²) < 4.78 is 14.6. The Bertz CT molecular complexity index is 551. The molecule has 0 saturated heterocycles. The van der Waals surface area contributed by atoms with Crippen molar-refractivity contribution in [2.45, 2.75) is 6.42 Å². The lowest BCUT2D eigenvalue weighted by atomic mass is 10.2. The van der Waals surface area contributed by atoms with Crippen LogP contribution in [0.4, 0.5) is 0 Å². The zero-order valence-corrected chi connectivity index (χ0v) is 10.0. The SMILES string of the molecule is COC(=O)Cc1nc(-c2cccc(OC)c2)no1. The quantitative estimate of drug-likeness (QED) is 0.762. The molecule has 18 heavy (non-hydrogen) atoms. The molecule has 1 heterocycles. The zero-order valence-electron chi connectivity index (χ0n) is 10.0.